The highest BCUT2D eigenvalue weighted by atomic mass is 35.5. The van der Waals surface area contributed by atoms with Gasteiger partial charge in [-0.05, 0) is 24.3 Å². The van der Waals surface area contributed by atoms with Crippen LogP contribution in [0.1, 0.15) is 0 Å². The Hall–Kier alpha value is -2.86. The number of aromatic nitrogens is 3. The van der Waals surface area contributed by atoms with Crippen molar-refractivity contribution < 1.29 is 9.47 Å². The summed E-state index contributed by atoms with van der Waals surface area (Å²) >= 11 is 5.99. The Kier molecular flexibility index (Phi) is 3.28. The number of fused-ring (bicyclic) bond motifs is 4. The summed E-state index contributed by atoms with van der Waals surface area (Å²) in [7, 11) is 3.12. The average molecular weight is 342 g/mol. The zero-order chi connectivity index (χ0) is 16.8. The van der Waals surface area contributed by atoms with Gasteiger partial charge in [-0.2, -0.15) is 0 Å². The van der Waals surface area contributed by atoms with Crippen molar-refractivity contribution in [2.45, 2.75) is 0 Å². The monoisotopic (exact) mass is 341 g/mol. The number of methoxy groups -OCH3 is 2. The van der Waals surface area contributed by atoms with Gasteiger partial charge in [0.25, 0.3) is 5.56 Å². The molecule has 2 heterocycles. The van der Waals surface area contributed by atoms with Gasteiger partial charge in [-0.3, -0.25) is 4.79 Å². The van der Waals surface area contributed by atoms with Crippen molar-refractivity contribution in [1.29, 1.82) is 0 Å². The van der Waals surface area contributed by atoms with Crippen molar-refractivity contribution in [1.82, 2.24) is 14.4 Å². The van der Waals surface area contributed by atoms with Gasteiger partial charge < -0.3 is 9.47 Å². The van der Waals surface area contributed by atoms with Crippen LogP contribution >= 0.6 is 11.6 Å². The molecular weight excluding hydrogens is 330 g/mol. The summed E-state index contributed by atoms with van der Waals surface area (Å²) in [5.41, 5.74) is 1.52. The first-order chi connectivity index (χ1) is 11.6. The van der Waals surface area contributed by atoms with Gasteiger partial charge >= 0.3 is 0 Å². The summed E-state index contributed by atoms with van der Waals surface area (Å²) in [6, 6.07) is 8.57. The van der Waals surface area contributed by atoms with Crippen LogP contribution in [0.5, 0.6) is 11.5 Å². The molecule has 2 aromatic carbocycles. The summed E-state index contributed by atoms with van der Waals surface area (Å²) in [6.07, 6.45) is 1.46. The van der Waals surface area contributed by atoms with Crippen molar-refractivity contribution in [2.75, 3.05) is 14.2 Å². The SMILES string of the molecule is COc1cc2ncn3c(=O)c4cc(Cl)ccc4nc3c2cc1OC. The quantitative estimate of drug-likeness (QED) is 0.414. The standard InChI is InChI=1S/C17H12ClN3O3/c1-23-14-6-10-13(7-15(14)24-2)19-8-21-16(10)20-12-4-3-9(18)5-11(12)17(21)22/h3-8H,1-2H3. The maximum atomic E-state index is 12.7. The molecule has 0 fully saturated rings. The zero-order valence-corrected chi connectivity index (χ0v) is 13.7. The van der Waals surface area contributed by atoms with E-state index in [2.05, 4.69) is 9.97 Å². The fraction of sp³-hybridized carbons (Fsp3) is 0.118. The first kappa shape index (κ1) is 14.7. The van der Waals surface area contributed by atoms with E-state index < -0.39 is 0 Å². The van der Waals surface area contributed by atoms with E-state index in [1.807, 2.05) is 0 Å². The van der Waals surface area contributed by atoms with Gasteiger partial charge in [0.05, 0.1) is 30.6 Å². The van der Waals surface area contributed by atoms with Crippen LogP contribution < -0.4 is 15.0 Å². The summed E-state index contributed by atoms with van der Waals surface area (Å²) < 4.78 is 12.0. The van der Waals surface area contributed by atoms with E-state index in [1.54, 1.807) is 44.6 Å². The molecule has 6 nitrogen and oxygen atoms in total. The Morgan fingerprint density at radius 2 is 1.75 bits per heavy atom. The minimum atomic E-state index is -0.221. The third kappa shape index (κ3) is 2.07. The van der Waals surface area contributed by atoms with Gasteiger partial charge in [0, 0.05) is 16.5 Å². The molecular formula is C17H12ClN3O3. The molecule has 7 heteroatoms. The summed E-state index contributed by atoms with van der Waals surface area (Å²) in [4.78, 5) is 21.7. The molecule has 0 saturated carbocycles. The predicted octanol–water partition coefficient (Wildman–Crippen LogP) is 3.07. The summed E-state index contributed by atoms with van der Waals surface area (Å²) in [5, 5.41) is 1.63. The highest BCUT2D eigenvalue weighted by Crippen LogP contribution is 2.32. The summed E-state index contributed by atoms with van der Waals surface area (Å²) in [5.74, 6) is 1.11. The molecule has 0 unspecified atom stereocenters. The molecule has 0 aliphatic rings. The lowest BCUT2D eigenvalue weighted by atomic mass is 10.2. The van der Waals surface area contributed by atoms with Crippen molar-refractivity contribution in [3.63, 3.8) is 0 Å². The molecule has 0 bridgehead atoms. The number of halogens is 1. The molecule has 0 amide bonds. The Morgan fingerprint density at radius 1 is 1.00 bits per heavy atom. The van der Waals surface area contributed by atoms with E-state index >= 15 is 0 Å². The number of hydrogen-bond donors (Lipinski definition) is 0. The molecule has 120 valence electrons. The van der Waals surface area contributed by atoms with Crippen LogP contribution in [-0.2, 0) is 0 Å². The molecule has 24 heavy (non-hydrogen) atoms. The van der Waals surface area contributed by atoms with Crippen LogP contribution in [0.3, 0.4) is 0 Å². The second-order valence-corrected chi connectivity index (χ2v) is 5.68. The number of benzene rings is 2. The van der Waals surface area contributed by atoms with Crippen LogP contribution in [0.15, 0.2) is 41.5 Å². The summed E-state index contributed by atoms with van der Waals surface area (Å²) in [6.45, 7) is 0. The molecule has 0 saturated heterocycles. The number of rotatable bonds is 2. The Balaban J connectivity index is 2.19. The number of nitrogens with zero attached hydrogens (tertiary/aromatic N) is 3. The van der Waals surface area contributed by atoms with Crippen LogP contribution in [0.25, 0.3) is 27.5 Å². The molecule has 0 radical (unpaired) electrons. The van der Waals surface area contributed by atoms with E-state index in [4.69, 9.17) is 21.1 Å². The van der Waals surface area contributed by atoms with Gasteiger partial charge in [0.15, 0.2) is 17.1 Å². The minimum Gasteiger partial charge on any atom is -0.493 e. The lowest BCUT2D eigenvalue weighted by Crippen LogP contribution is -2.16. The third-order valence-electron chi connectivity index (χ3n) is 3.92. The maximum Gasteiger partial charge on any atom is 0.267 e. The first-order valence-electron chi connectivity index (χ1n) is 7.15. The van der Waals surface area contributed by atoms with Gasteiger partial charge in [-0.15, -0.1) is 0 Å². The smallest absolute Gasteiger partial charge is 0.267 e. The maximum absolute atomic E-state index is 12.7. The molecule has 0 aliphatic carbocycles. The topological polar surface area (TPSA) is 65.7 Å². The van der Waals surface area contributed by atoms with Crippen molar-refractivity contribution >= 4 is 39.1 Å². The fourth-order valence-electron chi connectivity index (χ4n) is 2.74. The van der Waals surface area contributed by atoms with Crippen LogP contribution in [0, 0.1) is 0 Å². The van der Waals surface area contributed by atoms with Gasteiger partial charge in [-0.25, -0.2) is 14.4 Å². The van der Waals surface area contributed by atoms with E-state index in [1.165, 1.54) is 10.7 Å². The molecule has 4 rings (SSSR count). The fourth-order valence-corrected chi connectivity index (χ4v) is 2.91. The van der Waals surface area contributed by atoms with Crippen LogP contribution in [0.4, 0.5) is 0 Å². The minimum absolute atomic E-state index is 0.221. The molecule has 2 aromatic heterocycles. The van der Waals surface area contributed by atoms with Crippen LogP contribution in [0.2, 0.25) is 5.02 Å². The Morgan fingerprint density at radius 3 is 2.50 bits per heavy atom. The van der Waals surface area contributed by atoms with Gasteiger partial charge in [0.1, 0.15) is 6.33 Å². The van der Waals surface area contributed by atoms with E-state index in [-0.39, 0.29) is 5.56 Å². The van der Waals surface area contributed by atoms with Crippen molar-refractivity contribution in [3.8, 4) is 11.5 Å². The van der Waals surface area contributed by atoms with E-state index in [0.29, 0.717) is 44.0 Å². The van der Waals surface area contributed by atoms with Crippen molar-refractivity contribution in [2.24, 2.45) is 0 Å². The molecule has 0 atom stereocenters. The number of hydrogen-bond acceptors (Lipinski definition) is 5. The normalized spacial score (nSPS) is 11.3. The van der Waals surface area contributed by atoms with Crippen LogP contribution in [-0.4, -0.2) is 28.6 Å². The molecule has 4 aromatic rings. The Bertz CT molecular complexity index is 1170. The first-order valence-corrected chi connectivity index (χ1v) is 7.52. The number of ether oxygens (including phenoxy) is 2. The van der Waals surface area contributed by atoms with Crippen molar-refractivity contribution in [3.05, 3.63) is 52.0 Å². The lowest BCUT2D eigenvalue weighted by Gasteiger charge is -2.11. The van der Waals surface area contributed by atoms with Gasteiger partial charge in [0.2, 0.25) is 0 Å². The third-order valence-corrected chi connectivity index (χ3v) is 4.15. The largest absolute Gasteiger partial charge is 0.493 e. The second kappa shape index (κ2) is 5.35. The highest BCUT2D eigenvalue weighted by molar-refractivity contribution is 6.31. The molecule has 0 N–H and O–H groups in total. The highest BCUT2D eigenvalue weighted by Gasteiger charge is 2.13. The zero-order valence-electron chi connectivity index (χ0n) is 12.9. The molecule has 0 aliphatic heterocycles. The Labute approximate surface area is 141 Å². The second-order valence-electron chi connectivity index (χ2n) is 5.24. The average Bonchev–Trinajstić information content (AvgIpc) is 2.61. The van der Waals surface area contributed by atoms with E-state index in [0.717, 1.165) is 0 Å². The van der Waals surface area contributed by atoms with E-state index in [9.17, 15) is 4.79 Å². The van der Waals surface area contributed by atoms with Gasteiger partial charge in [-0.1, -0.05) is 11.6 Å². The molecule has 0 spiro atoms. The predicted molar refractivity (Wildman–Crippen MR) is 92.4 cm³/mol. The lowest BCUT2D eigenvalue weighted by molar-refractivity contribution is 0.356.